The minimum atomic E-state index is -5.10. The van der Waals surface area contributed by atoms with E-state index < -0.39 is 24.2 Å². The second kappa shape index (κ2) is 5.64. The summed E-state index contributed by atoms with van der Waals surface area (Å²) in [5.41, 5.74) is -0.830. The van der Waals surface area contributed by atoms with E-state index in [-0.39, 0.29) is 15.6 Å². The van der Waals surface area contributed by atoms with Crippen LogP contribution in [0.5, 0.6) is 5.88 Å². The Kier molecular flexibility index (Phi) is 4.66. The Morgan fingerprint density at radius 2 is 2.06 bits per heavy atom. The monoisotopic (exact) mass is 378 g/mol. The molecule has 98 valence electrons. The number of rotatable bonds is 3. The molecule has 0 N–H and O–H groups in total. The average molecular weight is 378 g/mol. The van der Waals surface area contributed by atoms with Crippen LogP contribution in [-0.4, -0.2) is 11.3 Å². The van der Waals surface area contributed by atoms with Crippen molar-refractivity contribution in [2.45, 2.75) is 19.2 Å². The first-order valence-electron chi connectivity index (χ1n) is 4.34. The maximum absolute atomic E-state index is 12.7. The fourth-order valence-corrected chi connectivity index (χ4v) is 1.91. The van der Waals surface area contributed by atoms with Crippen molar-refractivity contribution in [2.75, 3.05) is 0 Å². The summed E-state index contributed by atoms with van der Waals surface area (Å²) in [5, 5.41) is 8.45. The Morgan fingerprint density at radius 1 is 1.44 bits per heavy atom. The van der Waals surface area contributed by atoms with Crippen LogP contribution in [0.4, 0.5) is 22.0 Å². The Bertz CT molecular complexity index is 483. The highest BCUT2D eigenvalue weighted by Gasteiger charge is 2.35. The van der Waals surface area contributed by atoms with E-state index in [9.17, 15) is 22.0 Å². The van der Waals surface area contributed by atoms with E-state index in [1.165, 1.54) is 22.6 Å². The van der Waals surface area contributed by atoms with Gasteiger partial charge in [-0.15, -0.1) is 13.2 Å². The van der Waals surface area contributed by atoms with E-state index in [2.05, 4.69) is 9.72 Å². The molecular weight excluding hydrogens is 374 g/mol. The van der Waals surface area contributed by atoms with E-state index >= 15 is 0 Å². The van der Waals surface area contributed by atoms with E-state index in [4.69, 9.17) is 5.26 Å². The van der Waals surface area contributed by atoms with Crippen LogP contribution in [0.2, 0.25) is 0 Å². The highest BCUT2D eigenvalue weighted by molar-refractivity contribution is 14.1. The molecule has 0 bridgehead atoms. The van der Waals surface area contributed by atoms with Gasteiger partial charge in [0, 0.05) is 9.77 Å². The molecule has 0 saturated carbocycles. The van der Waals surface area contributed by atoms with Crippen LogP contribution in [0, 0.1) is 14.9 Å². The number of halogens is 6. The highest BCUT2D eigenvalue weighted by Crippen LogP contribution is 2.35. The molecule has 0 aliphatic carbocycles. The van der Waals surface area contributed by atoms with Gasteiger partial charge < -0.3 is 4.74 Å². The molecule has 0 radical (unpaired) electrons. The first kappa shape index (κ1) is 14.9. The molecule has 18 heavy (non-hydrogen) atoms. The largest absolute Gasteiger partial charge is 0.574 e. The minimum Gasteiger partial charge on any atom is -0.387 e. The van der Waals surface area contributed by atoms with Gasteiger partial charge in [0.05, 0.1) is 18.1 Å². The van der Waals surface area contributed by atoms with Crippen molar-refractivity contribution < 1.29 is 26.7 Å². The first-order chi connectivity index (χ1) is 8.26. The smallest absolute Gasteiger partial charge is 0.387 e. The van der Waals surface area contributed by atoms with Gasteiger partial charge in [-0.25, -0.2) is 13.8 Å². The zero-order valence-corrected chi connectivity index (χ0v) is 10.6. The highest BCUT2D eigenvalue weighted by atomic mass is 127. The van der Waals surface area contributed by atoms with Gasteiger partial charge in [-0.05, 0) is 28.2 Å². The Labute approximate surface area is 112 Å². The molecule has 9 heteroatoms. The topological polar surface area (TPSA) is 45.9 Å². The second-order valence-corrected chi connectivity index (χ2v) is 4.08. The quantitative estimate of drug-likeness (QED) is 0.597. The summed E-state index contributed by atoms with van der Waals surface area (Å²) in [6, 6.07) is 1.71. The van der Waals surface area contributed by atoms with Gasteiger partial charge >= 0.3 is 6.36 Å². The molecule has 0 aliphatic rings. The van der Waals surface area contributed by atoms with E-state index in [1.807, 2.05) is 0 Å². The molecule has 0 aliphatic heterocycles. The number of aromatic nitrogens is 1. The summed E-state index contributed by atoms with van der Waals surface area (Å²) < 4.78 is 64.7. The third-order valence-corrected chi connectivity index (χ3v) is 3.06. The summed E-state index contributed by atoms with van der Waals surface area (Å²) in [4.78, 5) is 3.19. The van der Waals surface area contributed by atoms with Gasteiger partial charge in [-0.1, -0.05) is 0 Å². The number of ether oxygens (including phenoxy) is 1. The number of nitriles is 1. The summed E-state index contributed by atoms with van der Waals surface area (Å²) in [5.74, 6) is -1.19. The van der Waals surface area contributed by atoms with Gasteiger partial charge in [0.1, 0.15) is 0 Å². The molecule has 0 unspecified atom stereocenters. The van der Waals surface area contributed by atoms with Crippen LogP contribution in [0.1, 0.15) is 17.6 Å². The molecule has 1 heterocycles. The lowest BCUT2D eigenvalue weighted by Gasteiger charge is -2.14. The Morgan fingerprint density at radius 3 is 2.50 bits per heavy atom. The van der Waals surface area contributed by atoms with Crippen molar-refractivity contribution in [2.24, 2.45) is 0 Å². The molecule has 0 aromatic carbocycles. The molecule has 1 rings (SSSR count). The van der Waals surface area contributed by atoms with Gasteiger partial charge in [0.25, 0.3) is 6.43 Å². The predicted octanol–water partition coefficient (Wildman–Crippen LogP) is 3.59. The van der Waals surface area contributed by atoms with E-state index in [1.54, 1.807) is 6.07 Å². The molecule has 1 aromatic heterocycles. The van der Waals surface area contributed by atoms with Crippen molar-refractivity contribution >= 4 is 22.6 Å². The zero-order valence-electron chi connectivity index (χ0n) is 8.43. The van der Waals surface area contributed by atoms with Gasteiger partial charge in [-0.2, -0.15) is 5.26 Å². The number of alkyl halides is 5. The second-order valence-electron chi connectivity index (χ2n) is 3.00. The van der Waals surface area contributed by atoms with Crippen LogP contribution in [-0.2, 0) is 6.42 Å². The van der Waals surface area contributed by atoms with Crippen LogP contribution >= 0.6 is 22.6 Å². The van der Waals surface area contributed by atoms with E-state index in [0.717, 1.165) is 6.20 Å². The number of pyridine rings is 1. The summed E-state index contributed by atoms with van der Waals surface area (Å²) in [6.07, 6.45) is -7.59. The molecular formula is C9H4F5IN2O. The first-order valence-corrected chi connectivity index (χ1v) is 5.42. The van der Waals surface area contributed by atoms with Crippen molar-refractivity contribution in [3.63, 3.8) is 0 Å². The summed E-state index contributed by atoms with van der Waals surface area (Å²) >= 11 is 1.44. The van der Waals surface area contributed by atoms with Crippen LogP contribution in [0.15, 0.2) is 6.20 Å². The lowest BCUT2D eigenvalue weighted by Crippen LogP contribution is -2.20. The number of hydrogen-bond acceptors (Lipinski definition) is 3. The Balaban J connectivity index is 3.29. The average Bonchev–Trinajstić information content (AvgIpc) is 2.19. The van der Waals surface area contributed by atoms with Gasteiger partial charge in [-0.3, -0.25) is 0 Å². The number of nitrogens with zero attached hydrogens (tertiary/aromatic N) is 2. The molecule has 0 fully saturated rings. The lowest BCUT2D eigenvalue weighted by molar-refractivity contribution is -0.276. The molecule has 0 atom stereocenters. The standard InChI is InChI=1S/C9H4F5IN2O/c10-7(11)5-6(15)4(1-2-16)3-17-8(5)18-9(12,13)14/h3,7H,1H2. The molecule has 0 spiro atoms. The van der Waals surface area contributed by atoms with Crippen molar-refractivity contribution in [1.29, 1.82) is 5.26 Å². The summed E-state index contributed by atoms with van der Waals surface area (Å²) in [7, 11) is 0. The molecule has 3 nitrogen and oxygen atoms in total. The van der Waals surface area contributed by atoms with Crippen molar-refractivity contribution in [3.05, 3.63) is 20.9 Å². The maximum atomic E-state index is 12.7. The van der Waals surface area contributed by atoms with Crippen molar-refractivity contribution in [3.8, 4) is 11.9 Å². The molecule has 0 saturated heterocycles. The summed E-state index contributed by atoms with van der Waals surface area (Å²) in [6.45, 7) is 0. The van der Waals surface area contributed by atoms with E-state index in [0.29, 0.717) is 0 Å². The third-order valence-electron chi connectivity index (χ3n) is 1.79. The normalized spacial score (nSPS) is 11.4. The minimum absolute atomic E-state index is 0.128. The fraction of sp³-hybridized carbons (Fsp3) is 0.333. The predicted molar refractivity (Wildman–Crippen MR) is 57.9 cm³/mol. The number of hydrogen-bond donors (Lipinski definition) is 0. The third kappa shape index (κ3) is 3.66. The maximum Gasteiger partial charge on any atom is 0.574 e. The van der Waals surface area contributed by atoms with Crippen molar-refractivity contribution in [1.82, 2.24) is 4.98 Å². The lowest BCUT2D eigenvalue weighted by atomic mass is 10.1. The van der Waals surface area contributed by atoms with Crippen LogP contribution in [0.3, 0.4) is 0 Å². The molecule has 0 amide bonds. The zero-order chi connectivity index (χ0) is 13.9. The SMILES string of the molecule is N#CCc1cnc(OC(F)(F)F)c(C(F)F)c1I. The van der Waals surface area contributed by atoms with Gasteiger partial charge in [0.15, 0.2) is 0 Å². The molecule has 1 aromatic rings. The van der Waals surface area contributed by atoms with Crippen LogP contribution < -0.4 is 4.74 Å². The van der Waals surface area contributed by atoms with Gasteiger partial charge in [0.2, 0.25) is 5.88 Å². The van der Waals surface area contributed by atoms with Crippen LogP contribution in [0.25, 0.3) is 0 Å². The fourth-order valence-electron chi connectivity index (χ4n) is 1.12. The Hall–Kier alpha value is -1.18.